The number of methoxy groups -OCH3 is 1. The van der Waals surface area contributed by atoms with Crippen LogP contribution in [0.2, 0.25) is 0 Å². The van der Waals surface area contributed by atoms with Gasteiger partial charge in [-0.2, -0.15) is 0 Å². The van der Waals surface area contributed by atoms with E-state index in [1.807, 2.05) is 6.07 Å². The minimum atomic E-state index is -0.240. The Bertz CT molecular complexity index is 425. The number of aryl methyl sites for hydroxylation is 1. The van der Waals surface area contributed by atoms with Crippen LogP contribution in [0, 0.1) is 5.92 Å². The van der Waals surface area contributed by atoms with E-state index in [4.69, 9.17) is 9.15 Å². The fraction of sp³-hybridized carbons (Fsp3) is 0.667. The van der Waals surface area contributed by atoms with Gasteiger partial charge < -0.3 is 9.15 Å². The molecule has 19 heavy (non-hydrogen) atoms. The van der Waals surface area contributed by atoms with Crippen molar-refractivity contribution in [3.63, 3.8) is 0 Å². The third-order valence-electron chi connectivity index (χ3n) is 3.65. The summed E-state index contributed by atoms with van der Waals surface area (Å²) in [5, 5.41) is 3.45. The van der Waals surface area contributed by atoms with Crippen LogP contribution in [0.4, 0.5) is 0 Å². The predicted octanol–water partition coefficient (Wildman–Crippen LogP) is 2.83. The first-order valence-electron chi connectivity index (χ1n) is 7.02. The van der Waals surface area contributed by atoms with Gasteiger partial charge in [-0.05, 0) is 31.2 Å². The van der Waals surface area contributed by atoms with E-state index in [0.717, 1.165) is 31.4 Å². The van der Waals surface area contributed by atoms with Gasteiger partial charge in [0.15, 0.2) is 0 Å². The normalized spacial score (nSPS) is 20.1. The number of esters is 1. The number of ether oxygens (including phenoxy) is 1. The van der Waals surface area contributed by atoms with E-state index in [1.54, 1.807) is 6.26 Å². The average molecular weight is 265 g/mol. The van der Waals surface area contributed by atoms with Crippen LogP contribution in [-0.2, 0) is 16.0 Å². The van der Waals surface area contributed by atoms with E-state index >= 15 is 0 Å². The molecule has 0 aliphatic heterocycles. The van der Waals surface area contributed by atoms with Gasteiger partial charge in [-0.15, -0.1) is 0 Å². The molecule has 1 aliphatic rings. The van der Waals surface area contributed by atoms with Crippen LogP contribution in [-0.4, -0.2) is 19.1 Å². The number of hydrogen-bond donors (Lipinski definition) is 1. The van der Waals surface area contributed by atoms with Crippen molar-refractivity contribution < 1.29 is 13.9 Å². The minimum absolute atomic E-state index is 0.177. The number of carbonyl (C=O) groups excluding carboxylic acids is 1. The molecule has 0 spiro atoms. The molecule has 1 N–H and O–H groups in total. The Kier molecular flexibility index (Phi) is 4.64. The van der Waals surface area contributed by atoms with Gasteiger partial charge in [0.05, 0.1) is 13.4 Å². The number of carbonyl (C=O) groups is 1. The summed E-state index contributed by atoms with van der Waals surface area (Å²) in [4.78, 5) is 11.9. The lowest BCUT2D eigenvalue weighted by molar-refractivity contribution is -0.143. The monoisotopic (exact) mass is 265 g/mol. The van der Waals surface area contributed by atoms with Crippen molar-refractivity contribution in [3.05, 3.63) is 23.7 Å². The molecule has 0 saturated carbocycles. The molecule has 0 radical (unpaired) electrons. The first-order chi connectivity index (χ1) is 9.11. The third kappa shape index (κ3) is 3.38. The number of furan rings is 1. The second kappa shape index (κ2) is 6.24. The summed E-state index contributed by atoms with van der Waals surface area (Å²) in [6, 6.07) is 1.97. The highest BCUT2D eigenvalue weighted by Gasteiger charge is 2.28. The summed E-state index contributed by atoms with van der Waals surface area (Å²) in [7, 11) is 1.45. The van der Waals surface area contributed by atoms with Crippen LogP contribution in [0.15, 0.2) is 16.7 Å². The van der Waals surface area contributed by atoms with Crippen LogP contribution < -0.4 is 5.32 Å². The standard InChI is InChI=1S/C15H23NO3/c1-10(2)9-13(15(17)18-3)16-12-5-4-6-14-11(12)7-8-19-14/h7-8,10,12-13,16H,4-6,9H2,1-3H3. The Labute approximate surface area is 114 Å². The molecule has 106 valence electrons. The van der Waals surface area contributed by atoms with Crippen molar-refractivity contribution in [3.8, 4) is 0 Å². The van der Waals surface area contributed by atoms with Gasteiger partial charge in [0.2, 0.25) is 0 Å². The van der Waals surface area contributed by atoms with Crippen LogP contribution >= 0.6 is 0 Å². The van der Waals surface area contributed by atoms with E-state index in [2.05, 4.69) is 19.2 Å². The zero-order valence-electron chi connectivity index (χ0n) is 11.9. The molecule has 2 unspecified atom stereocenters. The second-order valence-electron chi connectivity index (χ2n) is 5.62. The lowest BCUT2D eigenvalue weighted by Crippen LogP contribution is -2.41. The number of fused-ring (bicyclic) bond motifs is 1. The molecule has 0 bridgehead atoms. The number of nitrogens with one attached hydrogen (secondary N) is 1. The smallest absolute Gasteiger partial charge is 0.322 e. The highest BCUT2D eigenvalue weighted by molar-refractivity contribution is 5.75. The fourth-order valence-corrected chi connectivity index (χ4v) is 2.75. The van der Waals surface area contributed by atoms with Gasteiger partial charge in [-0.3, -0.25) is 10.1 Å². The van der Waals surface area contributed by atoms with Crippen molar-refractivity contribution in [2.45, 2.75) is 51.6 Å². The van der Waals surface area contributed by atoms with Gasteiger partial charge in [0.1, 0.15) is 11.8 Å². The number of hydrogen-bond acceptors (Lipinski definition) is 4. The summed E-state index contributed by atoms with van der Waals surface area (Å²) in [5.41, 5.74) is 1.20. The van der Waals surface area contributed by atoms with Crippen molar-refractivity contribution in [2.24, 2.45) is 5.92 Å². The predicted molar refractivity (Wildman–Crippen MR) is 72.8 cm³/mol. The Morgan fingerprint density at radius 1 is 1.58 bits per heavy atom. The Morgan fingerprint density at radius 3 is 3.05 bits per heavy atom. The van der Waals surface area contributed by atoms with Crippen molar-refractivity contribution in [2.75, 3.05) is 7.11 Å². The average Bonchev–Trinajstić information content (AvgIpc) is 2.85. The Hall–Kier alpha value is -1.29. The molecule has 0 aromatic carbocycles. The minimum Gasteiger partial charge on any atom is -0.469 e. The SMILES string of the molecule is COC(=O)C(CC(C)C)NC1CCCc2occc21. The first-order valence-corrected chi connectivity index (χ1v) is 7.02. The quantitative estimate of drug-likeness (QED) is 0.832. The van der Waals surface area contributed by atoms with E-state index in [0.29, 0.717) is 5.92 Å². The molecule has 0 saturated heterocycles. The number of rotatable bonds is 5. The molecule has 1 aromatic rings. The maximum Gasteiger partial charge on any atom is 0.322 e. The van der Waals surface area contributed by atoms with Crippen LogP contribution in [0.25, 0.3) is 0 Å². The lowest BCUT2D eigenvalue weighted by atomic mass is 9.92. The maximum atomic E-state index is 11.9. The van der Waals surface area contributed by atoms with E-state index in [9.17, 15) is 4.79 Å². The Morgan fingerprint density at radius 2 is 2.37 bits per heavy atom. The summed E-state index contributed by atoms with van der Waals surface area (Å²) in [6.07, 6.45) is 5.65. The van der Waals surface area contributed by atoms with E-state index < -0.39 is 0 Å². The molecular formula is C15H23NO3. The van der Waals surface area contributed by atoms with Crippen LogP contribution in [0.5, 0.6) is 0 Å². The van der Waals surface area contributed by atoms with Gasteiger partial charge >= 0.3 is 5.97 Å². The summed E-state index contributed by atoms with van der Waals surface area (Å²) < 4.78 is 10.4. The summed E-state index contributed by atoms with van der Waals surface area (Å²) in [5.74, 6) is 1.32. The van der Waals surface area contributed by atoms with Gasteiger partial charge in [-0.1, -0.05) is 13.8 Å². The van der Waals surface area contributed by atoms with Gasteiger partial charge in [0, 0.05) is 18.0 Å². The van der Waals surface area contributed by atoms with Crippen molar-refractivity contribution in [1.29, 1.82) is 0 Å². The molecule has 4 heteroatoms. The molecule has 1 heterocycles. The Balaban J connectivity index is 2.08. The molecule has 1 aliphatic carbocycles. The highest BCUT2D eigenvalue weighted by atomic mass is 16.5. The largest absolute Gasteiger partial charge is 0.469 e. The summed E-state index contributed by atoms with van der Waals surface area (Å²) >= 11 is 0. The van der Waals surface area contributed by atoms with E-state index in [1.165, 1.54) is 12.7 Å². The molecular weight excluding hydrogens is 242 g/mol. The first kappa shape index (κ1) is 14.1. The zero-order valence-corrected chi connectivity index (χ0v) is 11.9. The van der Waals surface area contributed by atoms with Gasteiger partial charge in [0.25, 0.3) is 0 Å². The molecule has 1 aromatic heterocycles. The highest BCUT2D eigenvalue weighted by Crippen LogP contribution is 2.31. The third-order valence-corrected chi connectivity index (χ3v) is 3.65. The molecule has 2 rings (SSSR count). The topological polar surface area (TPSA) is 51.5 Å². The molecule has 0 amide bonds. The van der Waals surface area contributed by atoms with Crippen LogP contribution in [0.3, 0.4) is 0 Å². The van der Waals surface area contributed by atoms with Crippen LogP contribution in [0.1, 0.15) is 50.5 Å². The zero-order chi connectivity index (χ0) is 13.8. The fourth-order valence-electron chi connectivity index (χ4n) is 2.75. The van der Waals surface area contributed by atoms with E-state index in [-0.39, 0.29) is 18.1 Å². The lowest BCUT2D eigenvalue weighted by Gasteiger charge is -2.27. The molecule has 2 atom stereocenters. The van der Waals surface area contributed by atoms with Gasteiger partial charge in [-0.25, -0.2) is 0 Å². The summed E-state index contributed by atoms with van der Waals surface area (Å²) in [6.45, 7) is 4.23. The van der Waals surface area contributed by atoms with Crippen molar-refractivity contribution >= 4 is 5.97 Å². The second-order valence-corrected chi connectivity index (χ2v) is 5.62. The molecule has 4 nitrogen and oxygen atoms in total. The molecule has 0 fully saturated rings. The maximum absolute atomic E-state index is 11.9. The van der Waals surface area contributed by atoms with Crippen molar-refractivity contribution in [1.82, 2.24) is 5.32 Å².